The Morgan fingerprint density at radius 1 is 1.38 bits per heavy atom. The molecule has 0 atom stereocenters. The van der Waals surface area contributed by atoms with Crippen LogP contribution in [0.1, 0.15) is 46.5 Å². The number of nitrogens with zero attached hydrogens (tertiary/aromatic N) is 2. The number of likely N-dealkylation sites (tertiary alicyclic amines) is 1. The predicted molar refractivity (Wildman–Crippen MR) is 99.5 cm³/mol. The smallest absolute Gasteiger partial charge is 0.289 e. The number of amides is 1. The monoisotopic (exact) mass is 401 g/mol. The minimum Gasteiger partial charge on any atom is -0.382 e. The fourth-order valence-electron chi connectivity index (χ4n) is 3.00. The highest BCUT2D eigenvalue weighted by molar-refractivity contribution is 9.09. The highest BCUT2D eigenvalue weighted by Crippen LogP contribution is 2.34. The zero-order valence-electron chi connectivity index (χ0n) is 15.0. The third-order valence-electron chi connectivity index (χ3n) is 5.00. The summed E-state index contributed by atoms with van der Waals surface area (Å²) in [5.41, 5.74) is 1.02. The van der Waals surface area contributed by atoms with Gasteiger partial charge in [0.25, 0.3) is 11.6 Å². The minimum atomic E-state index is -0.444. The molecule has 0 aliphatic carbocycles. The zero-order chi connectivity index (χ0) is 18.3. The van der Waals surface area contributed by atoms with Gasteiger partial charge in [-0.05, 0) is 24.7 Å². The van der Waals surface area contributed by atoms with Gasteiger partial charge in [-0.3, -0.25) is 14.9 Å². The fourth-order valence-corrected chi connectivity index (χ4v) is 3.31. The lowest BCUT2D eigenvalue weighted by Gasteiger charge is -2.39. The summed E-state index contributed by atoms with van der Waals surface area (Å²) < 4.78 is 0. The summed E-state index contributed by atoms with van der Waals surface area (Å²) in [6.07, 6.45) is 4.97. The number of carbonyl (C=O) groups excluding carboxylic acids is 1. The van der Waals surface area contributed by atoms with Crippen LogP contribution in [0.2, 0.25) is 0 Å². The second-order valence-electron chi connectivity index (χ2n) is 6.41. The minimum absolute atomic E-state index is 0.0602. The van der Waals surface area contributed by atoms with Crippen LogP contribution < -0.4 is 5.32 Å². The van der Waals surface area contributed by atoms with E-state index < -0.39 is 4.92 Å². The van der Waals surface area contributed by atoms with Crippen molar-refractivity contribution in [3.63, 3.8) is 0 Å². The Balaban J connectivity index is 3.11. The summed E-state index contributed by atoms with van der Waals surface area (Å²) in [4.78, 5) is 25.7. The fraction of sp³-hybridized carbons (Fsp3) is 0.706. The number of halogens is 1. The highest BCUT2D eigenvalue weighted by atomic mass is 79.9. The van der Waals surface area contributed by atoms with Crippen molar-refractivity contribution in [2.75, 3.05) is 25.5 Å². The molecule has 6 nitrogen and oxygen atoms in total. The summed E-state index contributed by atoms with van der Waals surface area (Å²) in [5.74, 6) is -0.0951. The SMILES string of the molecule is CC/C(C(=O)N1CCC(C)(CC)CC1)=C(NC)\C(=C/CBr)[N+](=O)[O-]. The standard InChI is InChI=1S/C17H28BrN3O3/c1-5-13(15(19-4)14(7-10-18)21(23)24)16(22)20-11-8-17(3,6-2)9-12-20/h7,19H,5-6,8-12H2,1-4H3/b14-7+,15-13-. The molecular weight excluding hydrogens is 374 g/mol. The number of likely N-dealkylation sites (N-methyl/N-ethyl adjacent to an activating group) is 1. The van der Waals surface area contributed by atoms with E-state index in [1.165, 1.54) is 6.08 Å². The van der Waals surface area contributed by atoms with Crippen LogP contribution in [0.3, 0.4) is 0 Å². The van der Waals surface area contributed by atoms with Crippen molar-refractivity contribution < 1.29 is 9.72 Å². The van der Waals surface area contributed by atoms with Crippen molar-refractivity contribution in [3.05, 3.63) is 33.2 Å². The lowest BCUT2D eigenvalue weighted by Crippen LogP contribution is -2.43. The van der Waals surface area contributed by atoms with E-state index in [9.17, 15) is 14.9 Å². The van der Waals surface area contributed by atoms with E-state index in [-0.39, 0.29) is 11.6 Å². The number of alkyl halides is 1. The topological polar surface area (TPSA) is 75.5 Å². The highest BCUT2D eigenvalue weighted by Gasteiger charge is 2.33. The van der Waals surface area contributed by atoms with Crippen LogP contribution in [0, 0.1) is 15.5 Å². The van der Waals surface area contributed by atoms with E-state index in [1.54, 1.807) is 7.05 Å². The normalized spacial score (nSPS) is 18.9. The van der Waals surface area contributed by atoms with Crippen molar-refractivity contribution in [1.82, 2.24) is 10.2 Å². The molecule has 1 saturated heterocycles. The molecule has 136 valence electrons. The number of nitrogens with one attached hydrogen (secondary N) is 1. The second-order valence-corrected chi connectivity index (χ2v) is 7.06. The van der Waals surface area contributed by atoms with E-state index in [0.717, 1.165) is 19.3 Å². The number of nitro groups is 1. The third-order valence-corrected chi connectivity index (χ3v) is 5.32. The number of carbonyl (C=O) groups is 1. The summed E-state index contributed by atoms with van der Waals surface area (Å²) >= 11 is 3.19. The first-order chi connectivity index (χ1) is 11.3. The van der Waals surface area contributed by atoms with Crippen LogP contribution in [-0.4, -0.2) is 41.2 Å². The lowest BCUT2D eigenvalue weighted by atomic mass is 9.78. The summed E-state index contributed by atoms with van der Waals surface area (Å²) in [5, 5.41) is 14.6. The molecule has 0 unspecified atom stereocenters. The quantitative estimate of drug-likeness (QED) is 0.233. The molecule has 1 aliphatic rings. The molecule has 7 heteroatoms. The van der Waals surface area contributed by atoms with E-state index in [1.807, 2.05) is 11.8 Å². The first-order valence-corrected chi connectivity index (χ1v) is 9.56. The Morgan fingerprint density at radius 2 is 1.96 bits per heavy atom. The molecule has 1 amide bonds. The third kappa shape index (κ3) is 4.82. The molecule has 1 fully saturated rings. The van der Waals surface area contributed by atoms with Crippen molar-refractivity contribution in [3.8, 4) is 0 Å². The van der Waals surface area contributed by atoms with E-state index >= 15 is 0 Å². The Labute approximate surface area is 152 Å². The van der Waals surface area contributed by atoms with Gasteiger partial charge >= 0.3 is 0 Å². The molecule has 1 rings (SSSR count). The Hall–Kier alpha value is -1.37. The molecule has 24 heavy (non-hydrogen) atoms. The first kappa shape index (κ1) is 20.7. The van der Waals surface area contributed by atoms with Gasteiger partial charge < -0.3 is 10.2 Å². The van der Waals surface area contributed by atoms with Crippen molar-refractivity contribution in [2.45, 2.75) is 46.5 Å². The van der Waals surface area contributed by atoms with E-state index in [2.05, 4.69) is 35.1 Å². The lowest BCUT2D eigenvalue weighted by molar-refractivity contribution is -0.421. The molecule has 1 aliphatic heterocycles. The van der Waals surface area contributed by atoms with Crippen LogP contribution >= 0.6 is 15.9 Å². The van der Waals surface area contributed by atoms with Crippen LogP contribution in [0.25, 0.3) is 0 Å². The largest absolute Gasteiger partial charge is 0.382 e. The van der Waals surface area contributed by atoms with Gasteiger partial charge in [-0.2, -0.15) is 0 Å². The molecule has 1 heterocycles. The van der Waals surface area contributed by atoms with Crippen molar-refractivity contribution in [2.24, 2.45) is 5.41 Å². The van der Waals surface area contributed by atoms with Gasteiger partial charge in [0.05, 0.1) is 4.92 Å². The molecule has 0 bridgehead atoms. The number of piperidine rings is 1. The molecule has 0 aromatic heterocycles. The maximum Gasteiger partial charge on any atom is 0.289 e. The van der Waals surface area contributed by atoms with Gasteiger partial charge in [-0.25, -0.2) is 0 Å². The van der Waals surface area contributed by atoms with Gasteiger partial charge in [0, 0.05) is 37.1 Å². The maximum atomic E-state index is 12.9. The average Bonchev–Trinajstić information content (AvgIpc) is 2.58. The summed E-state index contributed by atoms with van der Waals surface area (Å²) in [6.45, 7) is 7.71. The average molecular weight is 402 g/mol. The van der Waals surface area contributed by atoms with Gasteiger partial charge in [-0.1, -0.05) is 43.1 Å². The number of hydrogen-bond donors (Lipinski definition) is 1. The van der Waals surface area contributed by atoms with Crippen LogP contribution in [0.4, 0.5) is 0 Å². The molecule has 0 saturated carbocycles. The molecule has 0 aromatic carbocycles. The van der Waals surface area contributed by atoms with Crippen LogP contribution in [0.5, 0.6) is 0 Å². The van der Waals surface area contributed by atoms with Crippen molar-refractivity contribution in [1.29, 1.82) is 0 Å². The van der Waals surface area contributed by atoms with E-state index in [0.29, 0.717) is 41.5 Å². The molecular formula is C17H28BrN3O3. The summed E-state index contributed by atoms with van der Waals surface area (Å²) in [6, 6.07) is 0. The van der Waals surface area contributed by atoms with Crippen LogP contribution in [0.15, 0.2) is 23.0 Å². The Bertz CT molecular complexity index is 535. The Kier molecular flexibility index (Phi) is 7.93. The molecule has 0 radical (unpaired) electrons. The van der Waals surface area contributed by atoms with Gasteiger partial charge in [-0.15, -0.1) is 0 Å². The second kappa shape index (κ2) is 9.20. The number of rotatable bonds is 7. The van der Waals surface area contributed by atoms with Crippen molar-refractivity contribution >= 4 is 21.8 Å². The maximum absolute atomic E-state index is 12.9. The van der Waals surface area contributed by atoms with Gasteiger partial charge in [0.1, 0.15) is 5.70 Å². The molecule has 0 spiro atoms. The first-order valence-electron chi connectivity index (χ1n) is 8.44. The van der Waals surface area contributed by atoms with E-state index in [4.69, 9.17) is 0 Å². The molecule has 0 aromatic rings. The Morgan fingerprint density at radius 3 is 2.33 bits per heavy atom. The van der Waals surface area contributed by atoms with Gasteiger partial charge in [0.15, 0.2) is 0 Å². The number of allylic oxidation sites excluding steroid dienone is 1. The zero-order valence-corrected chi connectivity index (χ0v) is 16.6. The molecule has 1 N–H and O–H groups in total. The number of hydrogen-bond acceptors (Lipinski definition) is 4. The van der Waals surface area contributed by atoms with Gasteiger partial charge in [0.2, 0.25) is 0 Å². The predicted octanol–water partition coefficient (Wildman–Crippen LogP) is 3.46. The summed E-state index contributed by atoms with van der Waals surface area (Å²) in [7, 11) is 1.62. The van der Waals surface area contributed by atoms with Crippen LogP contribution in [-0.2, 0) is 4.79 Å².